The molecule has 6 nitrogen and oxygen atoms in total. The molecule has 0 aromatic heterocycles. The first-order chi connectivity index (χ1) is 9.97. The number of methoxy groups -OCH3 is 1. The van der Waals surface area contributed by atoms with E-state index in [4.69, 9.17) is 4.74 Å². The number of nitrogens with one attached hydrogen (secondary N) is 1. The number of ether oxygens (including phenoxy) is 1. The first-order valence-electron chi connectivity index (χ1n) is 6.68. The van der Waals surface area contributed by atoms with Crippen molar-refractivity contribution in [2.24, 2.45) is 5.41 Å². The zero-order valence-corrected chi connectivity index (χ0v) is 11.7. The highest BCUT2D eigenvalue weighted by atomic mass is 19.1. The van der Waals surface area contributed by atoms with Crippen LogP contribution in [0.25, 0.3) is 0 Å². The van der Waals surface area contributed by atoms with Crippen LogP contribution in [0.4, 0.5) is 10.1 Å². The van der Waals surface area contributed by atoms with E-state index in [1.807, 2.05) is 0 Å². The average Bonchev–Trinajstić information content (AvgIpc) is 3.23. The molecule has 0 bridgehead atoms. The molecule has 0 radical (unpaired) electrons. The van der Waals surface area contributed by atoms with Crippen molar-refractivity contribution in [3.8, 4) is 0 Å². The van der Waals surface area contributed by atoms with Crippen molar-refractivity contribution in [3.63, 3.8) is 0 Å². The summed E-state index contributed by atoms with van der Waals surface area (Å²) in [6.07, 6.45) is 2.82. The lowest BCUT2D eigenvalue weighted by molar-refractivity contribution is -0.384. The number of non-ortho nitro benzene ring substituents is 1. The van der Waals surface area contributed by atoms with Crippen molar-refractivity contribution in [3.05, 3.63) is 39.7 Å². The van der Waals surface area contributed by atoms with Gasteiger partial charge in [0.05, 0.1) is 10.5 Å². The van der Waals surface area contributed by atoms with Crippen LogP contribution >= 0.6 is 0 Å². The molecule has 2 rings (SSSR count). The number of hydrogen-bond acceptors (Lipinski definition) is 4. The number of halogens is 1. The Kier molecular flexibility index (Phi) is 4.52. The summed E-state index contributed by atoms with van der Waals surface area (Å²) in [5.74, 6) is -1.39. The summed E-state index contributed by atoms with van der Waals surface area (Å²) in [6.45, 7) is 1.04. The molecule has 0 unspecified atom stereocenters. The lowest BCUT2D eigenvalue weighted by atomic mass is 10.0. The number of nitro benzene ring substituents is 1. The fourth-order valence-electron chi connectivity index (χ4n) is 2.17. The monoisotopic (exact) mass is 296 g/mol. The van der Waals surface area contributed by atoms with Crippen molar-refractivity contribution < 1.29 is 18.8 Å². The highest BCUT2D eigenvalue weighted by Crippen LogP contribution is 2.48. The molecular weight excluding hydrogens is 279 g/mol. The zero-order valence-electron chi connectivity index (χ0n) is 11.7. The third kappa shape index (κ3) is 3.75. The van der Waals surface area contributed by atoms with E-state index in [1.165, 1.54) is 0 Å². The molecule has 1 aromatic rings. The first-order valence-corrected chi connectivity index (χ1v) is 6.68. The maximum atomic E-state index is 13.6. The minimum Gasteiger partial charge on any atom is -0.385 e. The van der Waals surface area contributed by atoms with Gasteiger partial charge in [-0.25, -0.2) is 4.39 Å². The molecule has 1 amide bonds. The Balaban J connectivity index is 2.00. The second kappa shape index (κ2) is 6.17. The largest absolute Gasteiger partial charge is 0.385 e. The van der Waals surface area contributed by atoms with Crippen LogP contribution in [0.15, 0.2) is 18.2 Å². The quantitative estimate of drug-likeness (QED) is 0.618. The summed E-state index contributed by atoms with van der Waals surface area (Å²) < 4.78 is 18.6. The van der Waals surface area contributed by atoms with Crippen LogP contribution in [0, 0.1) is 21.3 Å². The number of benzene rings is 1. The standard InChI is InChI=1S/C14H17FN2O4/c1-21-7-6-14(4-5-14)9-16-13(18)11-8-10(17(19)20)2-3-12(11)15/h2-3,8H,4-7,9H2,1H3,(H,16,18). The SMILES string of the molecule is COCCC1(CNC(=O)c2cc([N+](=O)[O-])ccc2F)CC1. The Hall–Kier alpha value is -2.02. The molecule has 114 valence electrons. The fraction of sp³-hybridized carbons (Fsp3) is 0.500. The minimum absolute atomic E-state index is 0.0306. The van der Waals surface area contributed by atoms with E-state index in [0.717, 1.165) is 37.5 Å². The third-order valence-corrected chi connectivity index (χ3v) is 3.82. The summed E-state index contributed by atoms with van der Waals surface area (Å²) >= 11 is 0. The predicted octanol–water partition coefficient (Wildman–Crippen LogP) is 2.28. The van der Waals surface area contributed by atoms with Gasteiger partial charge in [0.1, 0.15) is 5.82 Å². The molecule has 1 aliphatic carbocycles. The number of rotatable bonds is 7. The summed E-state index contributed by atoms with van der Waals surface area (Å²) in [5.41, 5.74) is -0.572. The van der Waals surface area contributed by atoms with Gasteiger partial charge in [-0.05, 0) is 30.7 Å². The Morgan fingerprint density at radius 2 is 2.24 bits per heavy atom. The van der Waals surface area contributed by atoms with Crippen LogP contribution in [-0.2, 0) is 4.74 Å². The van der Waals surface area contributed by atoms with Crippen LogP contribution < -0.4 is 5.32 Å². The van der Waals surface area contributed by atoms with Crippen molar-refractivity contribution in [1.82, 2.24) is 5.32 Å². The molecule has 1 aliphatic rings. The molecule has 7 heteroatoms. The van der Waals surface area contributed by atoms with Crippen molar-refractivity contribution >= 4 is 11.6 Å². The maximum Gasteiger partial charge on any atom is 0.270 e. The van der Waals surface area contributed by atoms with Crippen molar-refractivity contribution in [2.75, 3.05) is 20.3 Å². The fourth-order valence-corrected chi connectivity index (χ4v) is 2.17. The normalized spacial score (nSPS) is 15.5. The van der Waals surface area contributed by atoms with Gasteiger partial charge in [0.15, 0.2) is 0 Å². The lowest BCUT2D eigenvalue weighted by Gasteiger charge is -2.15. The van der Waals surface area contributed by atoms with Gasteiger partial charge in [-0.1, -0.05) is 0 Å². The van der Waals surface area contributed by atoms with Gasteiger partial charge in [-0.15, -0.1) is 0 Å². The Morgan fingerprint density at radius 3 is 2.81 bits per heavy atom. The van der Waals surface area contributed by atoms with Gasteiger partial charge in [0, 0.05) is 32.4 Å². The Morgan fingerprint density at radius 1 is 1.52 bits per heavy atom. The van der Waals surface area contributed by atoms with E-state index in [2.05, 4.69) is 5.32 Å². The number of carbonyl (C=O) groups excluding carboxylic acids is 1. The second-order valence-corrected chi connectivity index (χ2v) is 5.35. The van der Waals surface area contributed by atoms with Gasteiger partial charge in [0.25, 0.3) is 11.6 Å². The number of amides is 1. The maximum absolute atomic E-state index is 13.6. The van der Waals surface area contributed by atoms with Crippen LogP contribution in [0.5, 0.6) is 0 Å². The van der Waals surface area contributed by atoms with Gasteiger partial charge < -0.3 is 10.1 Å². The van der Waals surface area contributed by atoms with E-state index in [1.54, 1.807) is 7.11 Å². The molecule has 21 heavy (non-hydrogen) atoms. The molecule has 1 aromatic carbocycles. The molecule has 1 saturated carbocycles. The second-order valence-electron chi connectivity index (χ2n) is 5.35. The van der Waals surface area contributed by atoms with E-state index in [0.29, 0.717) is 13.2 Å². The number of nitrogens with zero attached hydrogens (tertiary/aromatic N) is 1. The number of hydrogen-bond donors (Lipinski definition) is 1. The highest BCUT2D eigenvalue weighted by molar-refractivity contribution is 5.95. The van der Waals surface area contributed by atoms with Crippen LogP contribution in [0.2, 0.25) is 0 Å². The van der Waals surface area contributed by atoms with E-state index in [9.17, 15) is 19.3 Å². The van der Waals surface area contributed by atoms with E-state index >= 15 is 0 Å². The Labute approximate surface area is 121 Å². The molecule has 1 N–H and O–H groups in total. The lowest BCUT2D eigenvalue weighted by Crippen LogP contribution is -2.31. The molecular formula is C14H17FN2O4. The van der Waals surface area contributed by atoms with Crippen LogP contribution in [-0.4, -0.2) is 31.1 Å². The summed E-state index contributed by atoms with van der Waals surface area (Å²) in [7, 11) is 1.62. The topological polar surface area (TPSA) is 81.5 Å². The molecule has 0 aliphatic heterocycles. The highest BCUT2D eigenvalue weighted by Gasteiger charge is 2.42. The van der Waals surface area contributed by atoms with Gasteiger partial charge >= 0.3 is 0 Å². The van der Waals surface area contributed by atoms with E-state index < -0.39 is 16.6 Å². The molecule has 1 fully saturated rings. The van der Waals surface area contributed by atoms with E-state index in [-0.39, 0.29) is 16.7 Å². The molecule has 0 heterocycles. The molecule has 0 atom stereocenters. The predicted molar refractivity (Wildman–Crippen MR) is 73.5 cm³/mol. The zero-order chi connectivity index (χ0) is 15.5. The van der Waals surface area contributed by atoms with Crippen molar-refractivity contribution in [1.29, 1.82) is 0 Å². The number of carbonyl (C=O) groups is 1. The molecule has 0 saturated heterocycles. The van der Waals surface area contributed by atoms with Crippen LogP contribution in [0.1, 0.15) is 29.6 Å². The van der Waals surface area contributed by atoms with Gasteiger partial charge in [-0.3, -0.25) is 14.9 Å². The summed E-state index contributed by atoms with van der Waals surface area (Å²) in [6, 6.07) is 2.93. The van der Waals surface area contributed by atoms with Crippen LogP contribution in [0.3, 0.4) is 0 Å². The molecule has 0 spiro atoms. The number of nitro groups is 1. The van der Waals surface area contributed by atoms with Gasteiger partial charge in [-0.2, -0.15) is 0 Å². The van der Waals surface area contributed by atoms with Gasteiger partial charge in [0.2, 0.25) is 0 Å². The minimum atomic E-state index is -0.764. The van der Waals surface area contributed by atoms with Crippen molar-refractivity contribution in [2.45, 2.75) is 19.3 Å². The average molecular weight is 296 g/mol. The summed E-state index contributed by atoms with van der Waals surface area (Å²) in [4.78, 5) is 22.0. The smallest absolute Gasteiger partial charge is 0.270 e. The third-order valence-electron chi connectivity index (χ3n) is 3.82. The first kappa shape index (κ1) is 15.4. The summed E-state index contributed by atoms with van der Waals surface area (Å²) in [5, 5.41) is 13.3. The Bertz CT molecular complexity index is 558.